The van der Waals surface area contributed by atoms with Gasteiger partial charge in [-0.2, -0.15) is 13.2 Å². The lowest BCUT2D eigenvalue weighted by atomic mass is 10.2. The number of alkyl halides is 3. The fraction of sp³-hybridized carbons (Fsp3) is 0.200. The van der Waals surface area contributed by atoms with Crippen molar-refractivity contribution in [1.82, 2.24) is 4.57 Å². The number of pyridine rings is 1. The van der Waals surface area contributed by atoms with E-state index in [0.29, 0.717) is 18.0 Å². The van der Waals surface area contributed by atoms with Gasteiger partial charge in [0.15, 0.2) is 0 Å². The van der Waals surface area contributed by atoms with Crippen LogP contribution >= 0.6 is 0 Å². The number of carbonyl (C=O) groups excluding carboxylic acids is 1. The van der Waals surface area contributed by atoms with Crippen molar-refractivity contribution in [3.05, 3.63) is 64.6 Å². The summed E-state index contributed by atoms with van der Waals surface area (Å²) in [5.41, 5.74) is -1.16. The predicted molar refractivity (Wildman–Crippen MR) is 75.5 cm³/mol. The van der Waals surface area contributed by atoms with E-state index in [1.807, 2.05) is 0 Å². The molecule has 1 atom stereocenters. The molecule has 0 aliphatic rings. The molecule has 0 aliphatic heterocycles. The highest BCUT2D eigenvalue weighted by atomic mass is 19.4. The van der Waals surface area contributed by atoms with Crippen LogP contribution < -0.4 is 10.9 Å². The first-order chi connectivity index (χ1) is 10.3. The van der Waals surface area contributed by atoms with Gasteiger partial charge in [0.1, 0.15) is 6.04 Å². The van der Waals surface area contributed by atoms with Gasteiger partial charge >= 0.3 is 6.18 Å². The van der Waals surface area contributed by atoms with E-state index in [9.17, 15) is 22.8 Å². The van der Waals surface area contributed by atoms with Crippen molar-refractivity contribution in [3.8, 4) is 0 Å². The van der Waals surface area contributed by atoms with Gasteiger partial charge in [-0.15, -0.1) is 0 Å². The number of halogens is 3. The van der Waals surface area contributed by atoms with E-state index in [0.717, 1.165) is 10.6 Å². The second-order valence-corrected chi connectivity index (χ2v) is 4.69. The van der Waals surface area contributed by atoms with Gasteiger partial charge in [-0.05, 0) is 25.1 Å². The lowest BCUT2D eigenvalue weighted by Gasteiger charge is -2.17. The average Bonchev–Trinajstić information content (AvgIpc) is 2.46. The summed E-state index contributed by atoms with van der Waals surface area (Å²) in [4.78, 5) is 23.8. The maximum atomic E-state index is 12.7. The van der Waals surface area contributed by atoms with Crippen LogP contribution in [0.5, 0.6) is 0 Å². The number of carbonyl (C=O) groups is 1. The number of nitrogens with one attached hydrogen (secondary N) is 1. The third kappa shape index (κ3) is 3.55. The minimum Gasteiger partial charge on any atom is -0.324 e. The zero-order valence-corrected chi connectivity index (χ0v) is 11.6. The first kappa shape index (κ1) is 15.8. The number of para-hydroxylation sites is 1. The van der Waals surface area contributed by atoms with E-state index in [1.54, 1.807) is 30.3 Å². The molecule has 7 heteroatoms. The largest absolute Gasteiger partial charge is 0.417 e. The minimum atomic E-state index is -4.58. The van der Waals surface area contributed by atoms with Crippen molar-refractivity contribution >= 4 is 11.6 Å². The van der Waals surface area contributed by atoms with Crippen LogP contribution in [0, 0.1) is 0 Å². The van der Waals surface area contributed by atoms with Gasteiger partial charge in [-0.3, -0.25) is 9.59 Å². The number of amides is 1. The Kier molecular flexibility index (Phi) is 4.35. The second-order valence-electron chi connectivity index (χ2n) is 4.69. The van der Waals surface area contributed by atoms with Crippen LogP contribution in [-0.2, 0) is 11.0 Å². The first-order valence-corrected chi connectivity index (χ1v) is 6.44. The molecule has 116 valence electrons. The first-order valence-electron chi connectivity index (χ1n) is 6.44. The molecule has 22 heavy (non-hydrogen) atoms. The normalized spacial score (nSPS) is 12.7. The molecule has 1 heterocycles. The Bertz CT molecular complexity index is 724. The van der Waals surface area contributed by atoms with E-state index in [-0.39, 0.29) is 0 Å². The molecule has 0 bridgehead atoms. The van der Waals surface area contributed by atoms with E-state index < -0.39 is 29.2 Å². The number of aromatic nitrogens is 1. The van der Waals surface area contributed by atoms with Crippen LogP contribution in [0.1, 0.15) is 18.5 Å². The highest BCUT2D eigenvalue weighted by molar-refractivity contribution is 5.93. The number of hydrogen-bond donors (Lipinski definition) is 1. The topological polar surface area (TPSA) is 51.1 Å². The molecule has 0 radical (unpaired) electrons. The zero-order chi connectivity index (χ0) is 16.3. The lowest BCUT2D eigenvalue weighted by molar-refractivity contribution is -0.138. The maximum Gasteiger partial charge on any atom is 0.417 e. The van der Waals surface area contributed by atoms with Crippen molar-refractivity contribution < 1.29 is 18.0 Å². The monoisotopic (exact) mass is 310 g/mol. The Hall–Kier alpha value is -2.57. The number of benzene rings is 1. The van der Waals surface area contributed by atoms with Crippen molar-refractivity contribution in [3.63, 3.8) is 0 Å². The number of rotatable bonds is 3. The minimum absolute atomic E-state index is 0.499. The Morgan fingerprint density at radius 2 is 1.77 bits per heavy atom. The van der Waals surface area contributed by atoms with E-state index in [1.165, 1.54) is 6.92 Å². The van der Waals surface area contributed by atoms with E-state index >= 15 is 0 Å². The van der Waals surface area contributed by atoms with Crippen LogP contribution in [0.3, 0.4) is 0 Å². The summed E-state index contributed by atoms with van der Waals surface area (Å²) in [6, 6.07) is 8.87. The summed E-state index contributed by atoms with van der Waals surface area (Å²) in [6.07, 6.45) is -3.93. The molecule has 2 rings (SSSR count). The third-order valence-corrected chi connectivity index (χ3v) is 3.10. The smallest absolute Gasteiger partial charge is 0.324 e. The summed E-state index contributed by atoms with van der Waals surface area (Å²) in [7, 11) is 0. The molecule has 0 fully saturated rings. The molecule has 4 nitrogen and oxygen atoms in total. The molecule has 1 unspecified atom stereocenters. The fourth-order valence-corrected chi connectivity index (χ4v) is 1.87. The molecule has 2 aromatic rings. The van der Waals surface area contributed by atoms with Gasteiger partial charge in [-0.1, -0.05) is 18.2 Å². The second kappa shape index (κ2) is 6.05. The summed E-state index contributed by atoms with van der Waals surface area (Å²) in [5, 5.41) is 2.55. The quantitative estimate of drug-likeness (QED) is 0.947. The van der Waals surface area contributed by atoms with Gasteiger partial charge < -0.3 is 9.88 Å². The van der Waals surface area contributed by atoms with Gasteiger partial charge in [0, 0.05) is 18.0 Å². The molecular weight excluding hydrogens is 297 g/mol. The molecule has 0 saturated carbocycles. The number of anilines is 1. The van der Waals surface area contributed by atoms with Gasteiger partial charge in [0.2, 0.25) is 5.91 Å². The van der Waals surface area contributed by atoms with Crippen molar-refractivity contribution in [2.45, 2.75) is 19.1 Å². The number of nitrogens with zero attached hydrogens (tertiary/aromatic N) is 1. The summed E-state index contributed by atoms with van der Waals surface area (Å²) in [5.74, 6) is -0.576. The Balaban J connectivity index is 2.27. The van der Waals surface area contributed by atoms with Gasteiger partial charge in [0.25, 0.3) is 5.56 Å². The standard InChI is InChI=1S/C15H13F3N2O2/c1-10(14(22)19-12-5-3-2-4-6-12)20-9-11(15(16,17)18)7-8-13(20)21/h2-10H,1H3,(H,19,22). The van der Waals surface area contributed by atoms with Crippen molar-refractivity contribution in [2.75, 3.05) is 5.32 Å². The third-order valence-electron chi connectivity index (χ3n) is 3.10. The Labute approximate surface area is 124 Å². The fourth-order valence-electron chi connectivity index (χ4n) is 1.87. The highest BCUT2D eigenvalue weighted by Crippen LogP contribution is 2.28. The summed E-state index contributed by atoms with van der Waals surface area (Å²) >= 11 is 0. The molecule has 1 amide bonds. The van der Waals surface area contributed by atoms with E-state index in [4.69, 9.17) is 0 Å². The van der Waals surface area contributed by atoms with E-state index in [2.05, 4.69) is 5.32 Å². The van der Waals surface area contributed by atoms with Crippen LogP contribution in [0.4, 0.5) is 18.9 Å². The van der Waals surface area contributed by atoms with Gasteiger partial charge in [-0.25, -0.2) is 0 Å². The Morgan fingerprint density at radius 3 is 2.36 bits per heavy atom. The SMILES string of the molecule is CC(C(=O)Nc1ccccc1)n1cc(C(F)(F)F)ccc1=O. The maximum absolute atomic E-state index is 12.7. The zero-order valence-electron chi connectivity index (χ0n) is 11.6. The van der Waals surface area contributed by atoms with Gasteiger partial charge in [0.05, 0.1) is 5.56 Å². The van der Waals surface area contributed by atoms with Crippen LogP contribution in [0.2, 0.25) is 0 Å². The number of hydrogen-bond acceptors (Lipinski definition) is 2. The molecule has 1 N–H and O–H groups in total. The summed E-state index contributed by atoms with van der Waals surface area (Å²) in [6.45, 7) is 1.36. The predicted octanol–water partition coefficient (Wildman–Crippen LogP) is 3.07. The molecule has 0 aliphatic carbocycles. The van der Waals surface area contributed by atoms with Crippen LogP contribution in [0.25, 0.3) is 0 Å². The molecule has 0 spiro atoms. The van der Waals surface area contributed by atoms with Crippen molar-refractivity contribution in [2.24, 2.45) is 0 Å². The molecular formula is C15H13F3N2O2. The lowest BCUT2D eigenvalue weighted by Crippen LogP contribution is -2.31. The highest BCUT2D eigenvalue weighted by Gasteiger charge is 2.31. The molecule has 1 aromatic carbocycles. The molecule has 1 aromatic heterocycles. The van der Waals surface area contributed by atoms with Crippen LogP contribution in [0.15, 0.2) is 53.5 Å². The Morgan fingerprint density at radius 1 is 1.14 bits per heavy atom. The molecule has 0 saturated heterocycles. The summed E-state index contributed by atoms with van der Waals surface area (Å²) < 4.78 is 38.9. The van der Waals surface area contributed by atoms with Crippen LogP contribution in [-0.4, -0.2) is 10.5 Å². The van der Waals surface area contributed by atoms with Crippen molar-refractivity contribution in [1.29, 1.82) is 0 Å². The average molecular weight is 310 g/mol.